The van der Waals surface area contributed by atoms with E-state index < -0.39 is 35.3 Å². The Bertz CT molecular complexity index is 1220. The van der Waals surface area contributed by atoms with Gasteiger partial charge in [0, 0.05) is 11.6 Å². The van der Waals surface area contributed by atoms with Gasteiger partial charge in [-0.3, -0.25) is 0 Å². The molecule has 0 aromatic heterocycles. The van der Waals surface area contributed by atoms with Crippen molar-refractivity contribution in [2.45, 2.75) is 51.6 Å². The molecule has 190 valence electrons. The predicted octanol–water partition coefficient (Wildman–Crippen LogP) is 7.04. The van der Waals surface area contributed by atoms with Crippen LogP contribution in [0, 0.1) is 23.4 Å². The van der Waals surface area contributed by atoms with Crippen LogP contribution in [0.15, 0.2) is 54.6 Å². The van der Waals surface area contributed by atoms with E-state index >= 15 is 0 Å². The maximum atomic E-state index is 14.9. The molecule has 0 radical (unpaired) electrons. The van der Waals surface area contributed by atoms with Crippen LogP contribution in [0.5, 0.6) is 11.5 Å². The van der Waals surface area contributed by atoms with E-state index in [2.05, 4.69) is 0 Å². The molecular weight excluding hydrogens is 469 g/mol. The number of carbonyl (C=O) groups is 1. The first kappa shape index (κ1) is 25.8. The van der Waals surface area contributed by atoms with Crippen LogP contribution in [-0.4, -0.2) is 23.8 Å². The summed E-state index contributed by atoms with van der Waals surface area (Å²) in [6.45, 7) is 3.98. The molecular formula is C29H29F3O4. The molecule has 1 saturated carbocycles. The Morgan fingerprint density at radius 1 is 0.972 bits per heavy atom. The fourth-order valence-electron chi connectivity index (χ4n) is 4.78. The highest BCUT2D eigenvalue weighted by atomic mass is 19.2. The zero-order valence-corrected chi connectivity index (χ0v) is 20.3. The Morgan fingerprint density at radius 2 is 1.67 bits per heavy atom. The van der Waals surface area contributed by atoms with Gasteiger partial charge < -0.3 is 14.6 Å². The van der Waals surface area contributed by atoms with Crippen molar-refractivity contribution in [3.8, 4) is 22.6 Å². The lowest BCUT2D eigenvalue weighted by Gasteiger charge is -2.30. The van der Waals surface area contributed by atoms with Gasteiger partial charge in [-0.15, -0.1) is 0 Å². The maximum absolute atomic E-state index is 14.9. The van der Waals surface area contributed by atoms with Gasteiger partial charge in [-0.2, -0.15) is 4.39 Å². The topological polar surface area (TPSA) is 55.8 Å². The summed E-state index contributed by atoms with van der Waals surface area (Å²) in [6, 6.07) is 13.3. The highest BCUT2D eigenvalue weighted by Gasteiger charge is 2.29. The fraction of sp³-hybridized carbons (Fsp3) is 0.345. The molecule has 1 aliphatic carbocycles. The van der Waals surface area contributed by atoms with Gasteiger partial charge >= 0.3 is 5.97 Å². The van der Waals surface area contributed by atoms with Crippen LogP contribution >= 0.6 is 0 Å². The second-order valence-electron chi connectivity index (χ2n) is 9.17. The summed E-state index contributed by atoms with van der Waals surface area (Å²) >= 11 is 0. The van der Waals surface area contributed by atoms with Crippen LogP contribution in [0.2, 0.25) is 0 Å². The van der Waals surface area contributed by atoms with Crippen LogP contribution in [0.3, 0.4) is 0 Å². The molecule has 0 bridgehead atoms. The van der Waals surface area contributed by atoms with Crippen molar-refractivity contribution < 1.29 is 32.5 Å². The zero-order valence-electron chi connectivity index (χ0n) is 20.3. The standard InChI is InChI=1S/C29H29F3O4/c1-3-35-22-12-13-23(25(30)16-22)19-8-10-21(11-9-19)29(34)36-26-15-14-24(27(31)28(26)32)20-6-4-18(5-7-20)17(2)33/h8-18,20,33H,3-7H2,1-2H3. The largest absolute Gasteiger partial charge is 0.494 e. The number of hydrogen-bond donors (Lipinski definition) is 1. The van der Waals surface area contributed by atoms with Crippen LogP contribution in [0.25, 0.3) is 11.1 Å². The normalized spacial score (nSPS) is 18.5. The van der Waals surface area contributed by atoms with E-state index in [-0.39, 0.29) is 23.0 Å². The van der Waals surface area contributed by atoms with Gasteiger partial charge in [-0.25, -0.2) is 13.6 Å². The Balaban J connectivity index is 1.45. The van der Waals surface area contributed by atoms with E-state index in [1.54, 1.807) is 31.2 Å². The van der Waals surface area contributed by atoms with Crippen molar-refractivity contribution in [1.82, 2.24) is 0 Å². The highest BCUT2D eigenvalue weighted by molar-refractivity contribution is 5.91. The molecule has 36 heavy (non-hydrogen) atoms. The molecule has 3 aromatic carbocycles. The van der Waals surface area contributed by atoms with E-state index in [0.29, 0.717) is 36.3 Å². The van der Waals surface area contributed by atoms with Gasteiger partial charge in [0.15, 0.2) is 11.6 Å². The number of hydrogen-bond acceptors (Lipinski definition) is 4. The second kappa shape index (κ2) is 11.2. The molecule has 0 amide bonds. The second-order valence-corrected chi connectivity index (χ2v) is 9.17. The van der Waals surface area contributed by atoms with Crippen molar-refractivity contribution in [2.75, 3.05) is 6.61 Å². The third kappa shape index (κ3) is 5.57. The molecule has 0 aliphatic heterocycles. The number of esters is 1. The van der Waals surface area contributed by atoms with Gasteiger partial charge in [0.05, 0.1) is 18.3 Å². The fourth-order valence-corrected chi connectivity index (χ4v) is 4.78. The molecule has 3 aromatic rings. The van der Waals surface area contributed by atoms with E-state index in [1.165, 1.54) is 30.3 Å². The number of carbonyl (C=O) groups excluding carboxylic acids is 1. The Morgan fingerprint density at radius 3 is 2.28 bits per heavy atom. The summed E-state index contributed by atoms with van der Waals surface area (Å²) in [6.07, 6.45) is 2.40. The molecule has 1 unspecified atom stereocenters. The first-order valence-electron chi connectivity index (χ1n) is 12.2. The summed E-state index contributed by atoms with van der Waals surface area (Å²) in [5.74, 6) is -3.56. The van der Waals surface area contributed by atoms with Crippen molar-refractivity contribution in [3.05, 3.63) is 83.2 Å². The van der Waals surface area contributed by atoms with Crippen molar-refractivity contribution in [1.29, 1.82) is 0 Å². The Hall–Kier alpha value is -3.32. The molecule has 0 spiro atoms. The Labute approximate surface area is 208 Å². The van der Waals surface area contributed by atoms with Gasteiger partial charge in [0.2, 0.25) is 5.82 Å². The summed E-state index contributed by atoms with van der Waals surface area (Å²) in [4.78, 5) is 12.6. The average molecular weight is 499 g/mol. The quantitative estimate of drug-likeness (QED) is 0.280. The third-order valence-electron chi connectivity index (χ3n) is 6.86. The van der Waals surface area contributed by atoms with Gasteiger partial charge in [-0.05, 0) is 92.8 Å². The smallest absolute Gasteiger partial charge is 0.343 e. The number of ether oxygens (including phenoxy) is 2. The van der Waals surface area contributed by atoms with Gasteiger partial charge in [-0.1, -0.05) is 18.2 Å². The lowest BCUT2D eigenvalue weighted by atomic mass is 9.77. The van der Waals surface area contributed by atoms with Crippen molar-refractivity contribution in [2.24, 2.45) is 5.92 Å². The summed E-state index contributed by atoms with van der Waals surface area (Å²) in [7, 11) is 0. The van der Waals surface area contributed by atoms with Gasteiger partial charge in [0.1, 0.15) is 11.6 Å². The van der Waals surface area contributed by atoms with Crippen LogP contribution in [0.1, 0.15) is 61.4 Å². The molecule has 4 nitrogen and oxygen atoms in total. The number of aliphatic hydroxyl groups is 1. The molecule has 0 heterocycles. The molecule has 0 saturated heterocycles. The average Bonchev–Trinajstić information content (AvgIpc) is 2.87. The highest BCUT2D eigenvalue weighted by Crippen LogP contribution is 2.39. The number of rotatable bonds is 7. The van der Waals surface area contributed by atoms with Crippen molar-refractivity contribution in [3.63, 3.8) is 0 Å². The lowest BCUT2D eigenvalue weighted by molar-refractivity contribution is 0.0726. The number of aliphatic hydroxyl groups excluding tert-OH is 1. The lowest BCUT2D eigenvalue weighted by Crippen LogP contribution is -2.23. The minimum atomic E-state index is -1.20. The number of benzene rings is 3. The van der Waals surface area contributed by atoms with Crippen molar-refractivity contribution >= 4 is 5.97 Å². The van der Waals surface area contributed by atoms with Gasteiger partial charge in [0.25, 0.3) is 0 Å². The molecule has 1 atom stereocenters. The van der Waals surface area contributed by atoms with E-state index in [1.807, 2.05) is 6.92 Å². The molecule has 1 aliphatic rings. The minimum Gasteiger partial charge on any atom is -0.494 e. The zero-order chi connectivity index (χ0) is 25.8. The Kier molecular flexibility index (Phi) is 7.99. The first-order valence-corrected chi connectivity index (χ1v) is 12.2. The van der Waals surface area contributed by atoms with Crippen LogP contribution in [0.4, 0.5) is 13.2 Å². The van der Waals surface area contributed by atoms with E-state index in [9.17, 15) is 23.1 Å². The SMILES string of the molecule is CCOc1ccc(-c2ccc(C(=O)Oc3ccc(C4CCC(C(C)O)CC4)c(F)c3F)cc2)c(F)c1. The molecule has 1 N–H and O–H groups in total. The number of halogens is 3. The monoisotopic (exact) mass is 498 g/mol. The molecule has 4 rings (SSSR count). The van der Waals surface area contributed by atoms with E-state index in [0.717, 1.165) is 12.8 Å². The van der Waals surface area contributed by atoms with Crippen LogP contribution in [-0.2, 0) is 0 Å². The summed E-state index contributed by atoms with van der Waals surface area (Å²) in [5, 5.41) is 9.76. The van der Waals surface area contributed by atoms with Crippen LogP contribution < -0.4 is 9.47 Å². The maximum Gasteiger partial charge on any atom is 0.343 e. The molecule has 7 heteroatoms. The minimum absolute atomic E-state index is 0.116. The predicted molar refractivity (Wildman–Crippen MR) is 131 cm³/mol. The summed E-state index contributed by atoms with van der Waals surface area (Å²) < 4.78 is 54.5. The summed E-state index contributed by atoms with van der Waals surface area (Å²) in [5.41, 5.74) is 1.26. The first-order chi connectivity index (χ1) is 17.3. The van der Waals surface area contributed by atoms with E-state index in [4.69, 9.17) is 9.47 Å². The third-order valence-corrected chi connectivity index (χ3v) is 6.86. The molecule has 1 fully saturated rings.